The number of hydrogen-bond acceptors (Lipinski definition) is 7. The number of nitrogens with one attached hydrogen (secondary N) is 1. The predicted molar refractivity (Wildman–Crippen MR) is 116 cm³/mol. The summed E-state index contributed by atoms with van der Waals surface area (Å²) >= 11 is 5.91. The second-order valence-electron chi connectivity index (χ2n) is 6.99. The Morgan fingerprint density at radius 2 is 1.84 bits per heavy atom. The smallest absolute Gasteiger partial charge is 0.363 e. The molecular weight excluding hydrogens is 438 g/mol. The fraction of sp³-hybridized carbons (Fsp3) is 0.182. The van der Waals surface area contributed by atoms with Crippen LogP contribution >= 0.6 is 11.6 Å². The number of carbonyl (C=O) groups excluding carboxylic acids is 2. The number of aryl methyl sites for hydroxylation is 1. The van der Waals surface area contributed by atoms with Crippen molar-refractivity contribution in [3.05, 3.63) is 75.2 Å². The van der Waals surface area contributed by atoms with E-state index in [0.717, 1.165) is 0 Å². The highest BCUT2D eigenvalue weighted by Gasteiger charge is 2.24. The number of aromatic nitrogens is 2. The minimum Gasteiger partial charge on any atom is -0.454 e. The molecule has 0 unspecified atom stereocenters. The van der Waals surface area contributed by atoms with Crippen LogP contribution in [0.3, 0.4) is 0 Å². The summed E-state index contributed by atoms with van der Waals surface area (Å²) in [7, 11) is 0. The summed E-state index contributed by atoms with van der Waals surface area (Å²) in [5.41, 5.74) is 0.520. The van der Waals surface area contributed by atoms with Crippen molar-refractivity contribution in [1.82, 2.24) is 9.78 Å². The molecule has 2 aromatic carbocycles. The van der Waals surface area contributed by atoms with Crippen LogP contribution in [0.4, 0.5) is 5.69 Å². The van der Waals surface area contributed by atoms with Crippen LogP contribution in [0, 0.1) is 6.92 Å². The van der Waals surface area contributed by atoms with Crippen molar-refractivity contribution in [2.24, 2.45) is 0 Å². The molecule has 3 aromatic rings. The Balaban J connectivity index is 1.49. The standard InChI is InChI=1S/C22H18ClN3O6/c1-12-9-17(27)20(25-26(12)16-6-3-14(23)4-7-16)22(29)32-13(2)21(28)24-15-5-8-18-19(10-15)31-11-30-18/h3-10,13H,11H2,1-2H3,(H,24,28)/t13-/m0/s1. The Bertz CT molecular complexity index is 1260. The van der Waals surface area contributed by atoms with Gasteiger partial charge in [-0.2, -0.15) is 5.10 Å². The zero-order valence-electron chi connectivity index (χ0n) is 17.1. The number of fused-ring (bicyclic) bond motifs is 1. The summed E-state index contributed by atoms with van der Waals surface area (Å²) in [6.07, 6.45) is -1.18. The maximum absolute atomic E-state index is 12.6. The molecule has 164 valence electrons. The van der Waals surface area contributed by atoms with Gasteiger partial charge >= 0.3 is 5.97 Å². The van der Waals surface area contributed by atoms with Gasteiger partial charge < -0.3 is 19.5 Å². The number of hydrogen-bond donors (Lipinski definition) is 1. The maximum Gasteiger partial charge on any atom is 0.363 e. The third-order valence-electron chi connectivity index (χ3n) is 4.67. The summed E-state index contributed by atoms with van der Waals surface area (Å²) < 4.78 is 17.1. The molecule has 1 aromatic heterocycles. The molecule has 1 aliphatic heterocycles. The van der Waals surface area contributed by atoms with Gasteiger partial charge in [0.15, 0.2) is 17.6 Å². The fourth-order valence-corrected chi connectivity index (χ4v) is 3.15. The molecule has 1 amide bonds. The number of ether oxygens (including phenoxy) is 3. The molecule has 1 atom stereocenters. The van der Waals surface area contributed by atoms with E-state index in [1.54, 1.807) is 49.4 Å². The third kappa shape index (κ3) is 4.42. The number of carbonyl (C=O) groups is 2. The molecule has 4 rings (SSSR count). The molecule has 0 saturated carbocycles. The Hall–Kier alpha value is -3.85. The van der Waals surface area contributed by atoms with E-state index < -0.39 is 29.1 Å². The molecule has 10 heteroatoms. The molecule has 2 heterocycles. The Morgan fingerprint density at radius 1 is 1.12 bits per heavy atom. The van der Waals surface area contributed by atoms with E-state index in [2.05, 4.69) is 10.4 Å². The van der Waals surface area contributed by atoms with E-state index in [-0.39, 0.29) is 6.79 Å². The van der Waals surface area contributed by atoms with E-state index in [1.807, 2.05) is 0 Å². The normalized spacial score (nSPS) is 12.8. The minimum absolute atomic E-state index is 0.109. The summed E-state index contributed by atoms with van der Waals surface area (Å²) in [5.74, 6) is -0.516. The predicted octanol–water partition coefficient (Wildman–Crippen LogP) is 3.11. The fourth-order valence-electron chi connectivity index (χ4n) is 3.02. The van der Waals surface area contributed by atoms with E-state index in [9.17, 15) is 14.4 Å². The molecule has 1 N–H and O–H groups in total. The largest absolute Gasteiger partial charge is 0.454 e. The van der Waals surface area contributed by atoms with Crippen molar-refractivity contribution in [1.29, 1.82) is 0 Å². The highest BCUT2D eigenvalue weighted by molar-refractivity contribution is 6.30. The number of amides is 1. The molecule has 0 spiro atoms. The van der Waals surface area contributed by atoms with Gasteiger partial charge in [0.05, 0.1) is 5.69 Å². The Labute approximate surface area is 187 Å². The zero-order valence-corrected chi connectivity index (χ0v) is 17.9. The molecule has 32 heavy (non-hydrogen) atoms. The first-order valence-electron chi connectivity index (χ1n) is 9.60. The molecule has 1 aliphatic rings. The third-order valence-corrected chi connectivity index (χ3v) is 4.92. The monoisotopic (exact) mass is 455 g/mol. The van der Waals surface area contributed by atoms with Gasteiger partial charge in [-0.15, -0.1) is 0 Å². The first kappa shape index (κ1) is 21.4. The summed E-state index contributed by atoms with van der Waals surface area (Å²) in [5, 5.41) is 7.29. The Kier molecular flexibility index (Phi) is 5.83. The van der Waals surface area contributed by atoms with Gasteiger partial charge in [-0.1, -0.05) is 11.6 Å². The second kappa shape index (κ2) is 8.72. The van der Waals surface area contributed by atoms with Crippen LogP contribution in [0.2, 0.25) is 5.02 Å². The van der Waals surface area contributed by atoms with Gasteiger partial charge in [0, 0.05) is 28.5 Å². The highest BCUT2D eigenvalue weighted by atomic mass is 35.5. The van der Waals surface area contributed by atoms with Crippen LogP contribution in [0.5, 0.6) is 11.5 Å². The quantitative estimate of drug-likeness (QED) is 0.589. The topological polar surface area (TPSA) is 109 Å². The van der Waals surface area contributed by atoms with Crippen molar-refractivity contribution in [3.8, 4) is 17.2 Å². The molecule has 0 fully saturated rings. The number of rotatable bonds is 5. The van der Waals surface area contributed by atoms with E-state index >= 15 is 0 Å². The lowest BCUT2D eigenvalue weighted by Gasteiger charge is -2.15. The molecular formula is C22H18ClN3O6. The average molecular weight is 456 g/mol. The lowest BCUT2D eigenvalue weighted by molar-refractivity contribution is -0.123. The SMILES string of the molecule is Cc1cc(=O)c(C(=O)O[C@@H](C)C(=O)Nc2ccc3c(c2)OCO3)nn1-c1ccc(Cl)cc1. The van der Waals surface area contributed by atoms with Gasteiger partial charge in [0.25, 0.3) is 5.91 Å². The van der Waals surface area contributed by atoms with E-state index in [4.69, 9.17) is 25.8 Å². The zero-order chi connectivity index (χ0) is 22.8. The van der Waals surface area contributed by atoms with Crippen LogP contribution in [0.25, 0.3) is 5.69 Å². The van der Waals surface area contributed by atoms with Crippen molar-refractivity contribution < 1.29 is 23.8 Å². The highest BCUT2D eigenvalue weighted by Crippen LogP contribution is 2.34. The summed E-state index contributed by atoms with van der Waals surface area (Å²) in [6, 6.07) is 12.9. The van der Waals surface area contributed by atoms with Crippen LogP contribution in [-0.4, -0.2) is 34.6 Å². The minimum atomic E-state index is -1.18. The number of nitrogens with zero attached hydrogens (tertiary/aromatic N) is 2. The van der Waals surface area contributed by atoms with Crippen LogP contribution in [0.1, 0.15) is 23.1 Å². The maximum atomic E-state index is 12.6. The summed E-state index contributed by atoms with van der Waals surface area (Å²) in [6.45, 7) is 3.18. The van der Waals surface area contributed by atoms with E-state index in [1.165, 1.54) is 17.7 Å². The summed E-state index contributed by atoms with van der Waals surface area (Å²) in [4.78, 5) is 37.4. The molecule has 0 aliphatic carbocycles. The molecule has 0 bridgehead atoms. The van der Waals surface area contributed by atoms with Crippen molar-refractivity contribution in [2.45, 2.75) is 20.0 Å². The second-order valence-corrected chi connectivity index (χ2v) is 7.43. The lowest BCUT2D eigenvalue weighted by Crippen LogP contribution is -2.32. The Morgan fingerprint density at radius 3 is 2.59 bits per heavy atom. The average Bonchev–Trinajstić information content (AvgIpc) is 3.22. The molecule has 9 nitrogen and oxygen atoms in total. The first-order valence-corrected chi connectivity index (χ1v) is 9.98. The van der Waals surface area contributed by atoms with Crippen LogP contribution in [0.15, 0.2) is 53.3 Å². The molecule has 0 radical (unpaired) electrons. The van der Waals surface area contributed by atoms with Gasteiger partial charge in [0.1, 0.15) is 0 Å². The van der Waals surface area contributed by atoms with Gasteiger partial charge in [0.2, 0.25) is 17.9 Å². The van der Waals surface area contributed by atoms with Gasteiger partial charge in [-0.3, -0.25) is 9.59 Å². The first-order chi connectivity index (χ1) is 15.3. The number of halogens is 1. The number of esters is 1. The van der Waals surface area contributed by atoms with Crippen molar-refractivity contribution in [2.75, 3.05) is 12.1 Å². The van der Waals surface area contributed by atoms with Gasteiger partial charge in [-0.25, -0.2) is 9.48 Å². The number of anilines is 1. The number of benzene rings is 2. The van der Waals surface area contributed by atoms with E-state index in [0.29, 0.717) is 33.6 Å². The van der Waals surface area contributed by atoms with Crippen molar-refractivity contribution in [3.63, 3.8) is 0 Å². The lowest BCUT2D eigenvalue weighted by atomic mass is 10.2. The van der Waals surface area contributed by atoms with Crippen LogP contribution in [-0.2, 0) is 9.53 Å². The van der Waals surface area contributed by atoms with Crippen molar-refractivity contribution >= 4 is 29.2 Å². The van der Waals surface area contributed by atoms with Crippen LogP contribution < -0.4 is 20.2 Å². The van der Waals surface area contributed by atoms with Gasteiger partial charge in [-0.05, 0) is 50.2 Å². The molecule has 0 saturated heterocycles.